The smallest absolute Gasteiger partial charge is 0.265 e. The zero-order valence-corrected chi connectivity index (χ0v) is 12.1. The fourth-order valence-corrected chi connectivity index (χ4v) is 1.89. The average molecular weight is 301 g/mol. The van der Waals surface area contributed by atoms with Gasteiger partial charge in [-0.05, 0) is 43.3 Å². The number of benzene rings is 2. The van der Waals surface area contributed by atoms with Crippen LogP contribution in [-0.4, -0.2) is 12.0 Å². The fraction of sp³-hybridized carbons (Fsp3) is 0.125. The third-order valence-corrected chi connectivity index (χ3v) is 2.97. The molecule has 2 rings (SSSR count). The van der Waals surface area contributed by atoms with Gasteiger partial charge >= 0.3 is 0 Å². The number of hydrogen-bond donors (Lipinski definition) is 1. The standard InChI is InChI=1S/C16H13ClN2O2/c1-11(21-15-7-3-5-13(17)9-15)16(20)19-14-6-2-4-12(8-14)10-18/h2-9,11H,1H3,(H,19,20)/t11-/m1/s1. The van der Waals surface area contributed by atoms with E-state index in [-0.39, 0.29) is 5.91 Å². The van der Waals surface area contributed by atoms with E-state index in [1.807, 2.05) is 6.07 Å². The zero-order valence-electron chi connectivity index (χ0n) is 11.3. The van der Waals surface area contributed by atoms with E-state index in [1.54, 1.807) is 55.5 Å². The summed E-state index contributed by atoms with van der Waals surface area (Å²) in [7, 11) is 0. The molecule has 2 aromatic rings. The lowest BCUT2D eigenvalue weighted by molar-refractivity contribution is -0.122. The van der Waals surface area contributed by atoms with Crippen LogP contribution in [0.15, 0.2) is 48.5 Å². The Morgan fingerprint density at radius 2 is 2.05 bits per heavy atom. The molecule has 1 N–H and O–H groups in total. The van der Waals surface area contributed by atoms with E-state index in [0.717, 1.165) is 0 Å². The number of anilines is 1. The van der Waals surface area contributed by atoms with E-state index < -0.39 is 6.10 Å². The summed E-state index contributed by atoms with van der Waals surface area (Å²) in [6.45, 7) is 1.64. The van der Waals surface area contributed by atoms with Gasteiger partial charge in [-0.2, -0.15) is 5.26 Å². The van der Waals surface area contributed by atoms with E-state index in [0.29, 0.717) is 22.0 Å². The van der Waals surface area contributed by atoms with Crippen LogP contribution in [0.25, 0.3) is 0 Å². The molecule has 0 spiro atoms. The minimum absolute atomic E-state index is 0.301. The summed E-state index contributed by atoms with van der Waals surface area (Å²) in [6.07, 6.45) is -0.686. The predicted molar refractivity (Wildman–Crippen MR) is 81.3 cm³/mol. The van der Waals surface area contributed by atoms with E-state index in [4.69, 9.17) is 21.6 Å². The van der Waals surface area contributed by atoms with Crippen molar-refractivity contribution in [3.05, 3.63) is 59.1 Å². The van der Waals surface area contributed by atoms with Crippen molar-refractivity contribution in [2.75, 3.05) is 5.32 Å². The molecule has 0 radical (unpaired) electrons. The molecule has 0 heterocycles. The highest BCUT2D eigenvalue weighted by atomic mass is 35.5. The Hall–Kier alpha value is -2.51. The first-order valence-electron chi connectivity index (χ1n) is 6.32. The summed E-state index contributed by atoms with van der Waals surface area (Å²) >= 11 is 5.86. The van der Waals surface area contributed by atoms with Crippen LogP contribution in [0.4, 0.5) is 5.69 Å². The molecule has 5 heteroatoms. The minimum atomic E-state index is -0.686. The first kappa shape index (κ1) is 14.9. The Kier molecular flexibility index (Phi) is 4.81. The van der Waals surface area contributed by atoms with Gasteiger partial charge < -0.3 is 10.1 Å². The van der Waals surface area contributed by atoms with E-state index in [9.17, 15) is 4.79 Å². The summed E-state index contributed by atoms with van der Waals surface area (Å²) in [5, 5.41) is 12.1. The van der Waals surface area contributed by atoms with Gasteiger partial charge in [-0.25, -0.2) is 0 Å². The van der Waals surface area contributed by atoms with Crippen LogP contribution in [0.2, 0.25) is 5.02 Å². The van der Waals surface area contributed by atoms with Crippen molar-refractivity contribution in [3.8, 4) is 11.8 Å². The van der Waals surface area contributed by atoms with Crippen LogP contribution in [0.1, 0.15) is 12.5 Å². The van der Waals surface area contributed by atoms with Gasteiger partial charge in [0.25, 0.3) is 5.91 Å². The van der Waals surface area contributed by atoms with Crippen molar-refractivity contribution in [1.29, 1.82) is 5.26 Å². The third-order valence-electron chi connectivity index (χ3n) is 2.74. The van der Waals surface area contributed by atoms with Crippen LogP contribution >= 0.6 is 11.6 Å². The van der Waals surface area contributed by atoms with Crippen molar-refractivity contribution in [3.63, 3.8) is 0 Å². The number of carbonyl (C=O) groups excluding carboxylic acids is 1. The molecular formula is C16H13ClN2O2. The van der Waals surface area contributed by atoms with Gasteiger partial charge in [0.05, 0.1) is 11.6 Å². The van der Waals surface area contributed by atoms with Gasteiger partial charge in [0, 0.05) is 10.7 Å². The Morgan fingerprint density at radius 1 is 1.29 bits per heavy atom. The van der Waals surface area contributed by atoms with Crippen LogP contribution in [0.5, 0.6) is 5.75 Å². The van der Waals surface area contributed by atoms with Crippen LogP contribution in [0.3, 0.4) is 0 Å². The number of nitrogens with zero attached hydrogens (tertiary/aromatic N) is 1. The maximum atomic E-state index is 12.0. The highest BCUT2D eigenvalue weighted by molar-refractivity contribution is 6.30. The molecule has 1 amide bonds. The highest BCUT2D eigenvalue weighted by Gasteiger charge is 2.15. The Morgan fingerprint density at radius 3 is 2.76 bits per heavy atom. The molecule has 0 bridgehead atoms. The lowest BCUT2D eigenvalue weighted by Gasteiger charge is -2.15. The Balaban J connectivity index is 2.01. The van der Waals surface area contributed by atoms with Crippen LogP contribution in [0, 0.1) is 11.3 Å². The van der Waals surface area contributed by atoms with Crippen molar-refractivity contribution < 1.29 is 9.53 Å². The monoisotopic (exact) mass is 300 g/mol. The topological polar surface area (TPSA) is 62.1 Å². The predicted octanol–water partition coefficient (Wildman–Crippen LogP) is 3.62. The van der Waals surface area contributed by atoms with E-state index in [2.05, 4.69) is 5.32 Å². The summed E-state index contributed by atoms with van der Waals surface area (Å²) in [5.74, 6) is 0.223. The van der Waals surface area contributed by atoms with Crippen molar-refractivity contribution in [2.45, 2.75) is 13.0 Å². The molecule has 21 heavy (non-hydrogen) atoms. The summed E-state index contributed by atoms with van der Waals surface area (Å²) in [4.78, 5) is 12.0. The SMILES string of the molecule is C[C@@H](Oc1cccc(Cl)c1)C(=O)Nc1cccc(C#N)c1. The van der Waals surface area contributed by atoms with Crippen molar-refractivity contribution >= 4 is 23.2 Å². The number of hydrogen-bond acceptors (Lipinski definition) is 3. The first-order valence-corrected chi connectivity index (χ1v) is 6.69. The maximum Gasteiger partial charge on any atom is 0.265 e. The normalized spacial score (nSPS) is 11.3. The molecule has 0 saturated heterocycles. The number of amides is 1. The quantitative estimate of drug-likeness (QED) is 0.938. The van der Waals surface area contributed by atoms with Gasteiger partial charge in [0.2, 0.25) is 0 Å². The molecule has 0 aromatic heterocycles. The minimum Gasteiger partial charge on any atom is -0.481 e. The lowest BCUT2D eigenvalue weighted by Crippen LogP contribution is -2.30. The van der Waals surface area contributed by atoms with Gasteiger partial charge in [0.15, 0.2) is 6.10 Å². The zero-order chi connectivity index (χ0) is 15.2. The van der Waals surface area contributed by atoms with Crippen molar-refractivity contribution in [2.24, 2.45) is 0 Å². The molecule has 0 aliphatic carbocycles. The lowest BCUT2D eigenvalue weighted by atomic mass is 10.2. The molecule has 0 saturated carbocycles. The van der Waals surface area contributed by atoms with Gasteiger partial charge in [-0.3, -0.25) is 4.79 Å². The Labute approximate surface area is 127 Å². The second kappa shape index (κ2) is 6.78. The molecule has 0 unspecified atom stereocenters. The summed E-state index contributed by atoms with van der Waals surface area (Å²) in [5.41, 5.74) is 1.04. The van der Waals surface area contributed by atoms with Crippen molar-refractivity contribution in [1.82, 2.24) is 0 Å². The number of nitrogens with one attached hydrogen (secondary N) is 1. The number of ether oxygens (including phenoxy) is 1. The van der Waals surface area contributed by atoms with Crippen LogP contribution < -0.4 is 10.1 Å². The number of halogens is 1. The van der Waals surface area contributed by atoms with E-state index >= 15 is 0 Å². The third kappa shape index (κ3) is 4.23. The molecule has 4 nitrogen and oxygen atoms in total. The number of rotatable bonds is 4. The largest absolute Gasteiger partial charge is 0.481 e. The van der Waals surface area contributed by atoms with Gasteiger partial charge in [-0.15, -0.1) is 0 Å². The Bertz CT molecular complexity index is 695. The maximum absolute atomic E-state index is 12.0. The summed E-state index contributed by atoms with van der Waals surface area (Å²) in [6, 6.07) is 15.6. The van der Waals surface area contributed by atoms with E-state index in [1.165, 1.54) is 0 Å². The second-order valence-corrected chi connectivity index (χ2v) is 4.84. The fourth-order valence-electron chi connectivity index (χ4n) is 1.71. The molecule has 0 aliphatic heterocycles. The molecular weight excluding hydrogens is 288 g/mol. The number of carbonyl (C=O) groups is 1. The van der Waals surface area contributed by atoms with Crippen LogP contribution in [-0.2, 0) is 4.79 Å². The molecule has 1 atom stereocenters. The molecule has 0 aliphatic rings. The molecule has 0 fully saturated rings. The molecule has 106 valence electrons. The molecule has 2 aromatic carbocycles. The second-order valence-electron chi connectivity index (χ2n) is 4.40. The average Bonchev–Trinajstić information content (AvgIpc) is 2.47. The number of nitriles is 1. The van der Waals surface area contributed by atoms with Gasteiger partial charge in [0.1, 0.15) is 5.75 Å². The first-order chi connectivity index (χ1) is 10.1. The summed E-state index contributed by atoms with van der Waals surface area (Å²) < 4.78 is 5.52. The van der Waals surface area contributed by atoms with Gasteiger partial charge in [-0.1, -0.05) is 23.7 Å². The highest BCUT2D eigenvalue weighted by Crippen LogP contribution is 2.19.